The molecule has 4 aromatic rings. The summed E-state index contributed by atoms with van der Waals surface area (Å²) in [6.07, 6.45) is 5.01. The maximum Gasteiger partial charge on any atom is 0.340 e. The minimum Gasteiger partial charge on any atom is -0.267 e. The number of benzene rings is 4. The lowest BCUT2D eigenvalue weighted by Gasteiger charge is -2.35. The molecular weight excluding hydrogens is 669 g/mol. The molecule has 12 nitrogen and oxygen atoms in total. The van der Waals surface area contributed by atoms with E-state index in [4.69, 9.17) is 0 Å². The van der Waals surface area contributed by atoms with E-state index in [1.165, 1.54) is 66.8 Å². The summed E-state index contributed by atoms with van der Waals surface area (Å²) in [5.41, 5.74) is -0.787. The van der Waals surface area contributed by atoms with Crippen LogP contribution in [0, 0.1) is 0 Å². The molecule has 0 radical (unpaired) electrons. The number of para-hydroxylation sites is 4. The average Bonchev–Trinajstić information content (AvgIpc) is 3.08. The molecule has 0 atom stereocenters. The molecule has 0 N–H and O–H groups in total. The molecule has 2 aliphatic rings. The number of hydrogen-bond acceptors (Lipinski definition) is 8. The topological polar surface area (TPSA) is 150 Å². The number of allylic oxidation sites excluding steroid dienone is 4. The van der Waals surface area contributed by atoms with Gasteiger partial charge in [-0.25, -0.2) is 0 Å². The fourth-order valence-electron chi connectivity index (χ4n) is 5.20. The largest absolute Gasteiger partial charge is 0.340 e. The number of hydrogen-bond donors (Lipinski definition) is 0. The van der Waals surface area contributed by atoms with Gasteiger partial charge in [0.2, 0.25) is 0 Å². The second-order valence-corrected chi connectivity index (χ2v) is 13.7. The van der Waals surface area contributed by atoms with E-state index in [-0.39, 0.29) is 29.2 Å². The van der Waals surface area contributed by atoms with Crippen LogP contribution in [0.15, 0.2) is 157 Å². The zero-order valence-corrected chi connectivity index (χ0v) is 27.1. The van der Waals surface area contributed by atoms with Crippen molar-refractivity contribution in [3.63, 3.8) is 0 Å². The van der Waals surface area contributed by atoms with Crippen LogP contribution in [0.25, 0.3) is 0 Å². The summed E-state index contributed by atoms with van der Waals surface area (Å²) in [6, 6.07) is 30.4. The van der Waals surface area contributed by atoms with Gasteiger partial charge in [-0.1, -0.05) is 91.0 Å². The van der Waals surface area contributed by atoms with Gasteiger partial charge in [-0.2, -0.15) is 34.1 Å². The van der Waals surface area contributed by atoms with Gasteiger partial charge in [0.15, 0.2) is 0 Å². The number of rotatable bonds is 7. The van der Waals surface area contributed by atoms with Gasteiger partial charge in [-0.15, -0.1) is 0 Å². The quantitative estimate of drug-likeness (QED) is 0.204. The molecular formula is C35H26N4O8S2. The van der Waals surface area contributed by atoms with Crippen molar-refractivity contribution in [2.24, 2.45) is 0 Å². The normalized spacial score (nSPS) is 17.6. The Balaban J connectivity index is 1.35. The summed E-state index contributed by atoms with van der Waals surface area (Å²) in [6.45, 7) is 0. The number of anilines is 4. The third kappa shape index (κ3) is 5.94. The van der Waals surface area contributed by atoms with Gasteiger partial charge >= 0.3 is 20.4 Å². The minimum absolute atomic E-state index is 0.0239. The predicted molar refractivity (Wildman–Crippen MR) is 183 cm³/mol. The predicted octanol–water partition coefficient (Wildman–Crippen LogP) is 4.44. The van der Waals surface area contributed by atoms with Crippen molar-refractivity contribution in [3.05, 3.63) is 157 Å². The highest BCUT2D eigenvalue weighted by Crippen LogP contribution is 2.34. The fraction of sp³-hybridized carbons (Fsp3) is 0.0286. The zero-order chi connectivity index (χ0) is 34.8. The van der Waals surface area contributed by atoms with Gasteiger partial charge < -0.3 is 0 Å². The van der Waals surface area contributed by atoms with E-state index in [1.807, 2.05) is 0 Å². The van der Waals surface area contributed by atoms with Gasteiger partial charge in [0.25, 0.3) is 23.6 Å². The standard InChI is InChI=1S/C35H26N4O8S2/c40-32-30(33(41)37(27-18-8-2-9-19-27)48(44,45)36(32)26-16-6-1-7-17-26)24-14-5-15-25-31-34(42)38(28-20-10-3-11-21-28)49(46,47)39(35(31)43)29-22-12-4-13-23-29/h1-14,16-25H,15H2. The van der Waals surface area contributed by atoms with Gasteiger partial charge in [0.05, 0.1) is 22.7 Å². The molecule has 2 saturated heterocycles. The molecule has 0 unspecified atom stereocenters. The van der Waals surface area contributed by atoms with E-state index >= 15 is 0 Å². The minimum atomic E-state index is -4.67. The summed E-state index contributed by atoms with van der Waals surface area (Å²) < 4.78 is 56.7. The van der Waals surface area contributed by atoms with Crippen LogP contribution in [0.1, 0.15) is 6.42 Å². The third-order valence-corrected chi connectivity index (χ3v) is 10.8. The van der Waals surface area contributed by atoms with E-state index in [0.717, 1.165) is 6.08 Å². The molecule has 2 heterocycles. The maximum absolute atomic E-state index is 13.6. The first-order valence-electron chi connectivity index (χ1n) is 14.7. The Morgan fingerprint density at radius 1 is 0.429 bits per heavy atom. The van der Waals surface area contributed by atoms with Crippen molar-refractivity contribution >= 4 is 66.8 Å². The summed E-state index contributed by atoms with van der Waals surface area (Å²) in [7, 11) is -9.33. The van der Waals surface area contributed by atoms with Crippen molar-refractivity contribution in [2.75, 3.05) is 17.2 Å². The summed E-state index contributed by atoms with van der Waals surface area (Å²) >= 11 is 0. The molecule has 2 aliphatic heterocycles. The third-order valence-electron chi connectivity index (χ3n) is 7.40. The van der Waals surface area contributed by atoms with E-state index in [9.17, 15) is 36.0 Å². The van der Waals surface area contributed by atoms with Gasteiger partial charge in [-0.05, 0) is 61.0 Å². The highest BCUT2D eigenvalue weighted by Gasteiger charge is 2.49. The Hall–Kier alpha value is -6.12. The Kier molecular flexibility index (Phi) is 8.82. The van der Waals surface area contributed by atoms with E-state index in [0.29, 0.717) is 17.2 Å². The van der Waals surface area contributed by atoms with Gasteiger partial charge in [0, 0.05) is 0 Å². The monoisotopic (exact) mass is 694 g/mol. The molecule has 0 aromatic heterocycles. The van der Waals surface area contributed by atoms with Crippen LogP contribution >= 0.6 is 0 Å². The Morgan fingerprint density at radius 2 is 0.714 bits per heavy atom. The molecule has 2 fully saturated rings. The molecule has 14 heteroatoms. The first-order valence-corrected chi connectivity index (χ1v) is 17.5. The Bertz CT molecular complexity index is 2120. The summed E-state index contributed by atoms with van der Waals surface area (Å²) in [5, 5.41) is 0. The lowest BCUT2D eigenvalue weighted by Crippen LogP contribution is -2.57. The van der Waals surface area contributed by atoms with E-state index in [2.05, 4.69) is 0 Å². The molecule has 4 amide bonds. The van der Waals surface area contributed by atoms with Crippen molar-refractivity contribution < 1.29 is 36.0 Å². The van der Waals surface area contributed by atoms with Gasteiger partial charge in [-0.3, -0.25) is 19.2 Å². The summed E-state index contributed by atoms with van der Waals surface area (Å²) in [4.78, 5) is 54.2. The van der Waals surface area contributed by atoms with Crippen LogP contribution in [-0.4, -0.2) is 40.5 Å². The maximum atomic E-state index is 13.6. The first kappa shape index (κ1) is 32.8. The van der Waals surface area contributed by atoms with Crippen molar-refractivity contribution in [1.29, 1.82) is 0 Å². The Labute approximate surface area is 282 Å². The molecule has 0 aliphatic carbocycles. The number of amides is 4. The number of carbonyl (C=O) groups excluding carboxylic acids is 4. The van der Waals surface area contributed by atoms with Crippen LogP contribution in [0.2, 0.25) is 0 Å². The van der Waals surface area contributed by atoms with Crippen LogP contribution < -0.4 is 17.2 Å². The van der Waals surface area contributed by atoms with Crippen LogP contribution in [-0.2, 0) is 39.6 Å². The Morgan fingerprint density at radius 3 is 1.02 bits per heavy atom. The summed E-state index contributed by atoms with van der Waals surface area (Å²) in [5.74, 6) is -4.28. The zero-order valence-electron chi connectivity index (χ0n) is 25.4. The highest BCUT2D eigenvalue weighted by molar-refractivity contribution is 7.96. The first-order chi connectivity index (χ1) is 23.5. The molecule has 4 aromatic carbocycles. The van der Waals surface area contributed by atoms with Crippen molar-refractivity contribution in [3.8, 4) is 0 Å². The van der Waals surface area contributed by atoms with E-state index < -0.39 is 55.2 Å². The molecule has 0 spiro atoms. The number of carbonyl (C=O) groups is 4. The number of nitrogens with zero attached hydrogens (tertiary/aromatic N) is 4. The van der Waals surface area contributed by atoms with Crippen LogP contribution in [0.5, 0.6) is 0 Å². The lowest BCUT2D eigenvalue weighted by atomic mass is 10.1. The second kappa shape index (κ2) is 13.2. The van der Waals surface area contributed by atoms with E-state index in [1.54, 1.807) is 72.8 Å². The molecule has 0 saturated carbocycles. The second-order valence-electron chi connectivity index (χ2n) is 10.5. The van der Waals surface area contributed by atoms with Gasteiger partial charge in [0.1, 0.15) is 11.1 Å². The lowest BCUT2D eigenvalue weighted by molar-refractivity contribution is -0.122. The van der Waals surface area contributed by atoms with Crippen LogP contribution in [0.4, 0.5) is 22.7 Å². The molecule has 49 heavy (non-hydrogen) atoms. The molecule has 246 valence electrons. The van der Waals surface area contributed by atoms with Crippen molar-refractivity contribution in [2.45, 2.75) is 6.42 Å². The molecule has 6 rings (SSSR count). The smallest absolute Gasteiger partial charge is 0.267 e. The SMILES string of the molecule is O=C1C(=CC=CCC=C2C(=O)N(c3ccccc3)S(=O)(=O)N(c3ccccc3)C2=O)C(=O)N(c2ccccc2)S(=O)(=O)N1c1ccccc1. The van der Waals surface area contributed by atoms with Crippen molar-refractivity contribution in [1.82, 2.24) is 0 Å². The highest BCUT2D eigenvalue weighted by atomic mass is 32.2. The fourth-order valence-corrected chi connectivity index (χ4v) is 8.31. The average molecular weight is 695 g/mol. The molecule has 0 bridgehead atoms. The van der Waals surface area contributed by atoms with Crippen LogP contribution in [0.3, 0.4) is 0 Å².